The van der Waals surface area contributed by atoms with Crippen LogP contribution < -0.4 is 0 Å². The van der Waals surface area contributed by atoms with E-state index in [9.17, 15) is 22.4 Å². The zero-order chi connectivity index (χ0) is 19.4. The average molecular weight is 398 g/mol. The summed E-state index contributed by atoms with van der Waals surface area (Å²) in [5.41, 5.74) is -1.83. The van der Waals surface area contributed by atoms with Crippen LogP contribution in [-0.4, -0.2) is 18.1 Å². The molecule has 0 amide bonds. The van der Waals surface area contributed by atoms with Gasteiger partial charge in [0.25, 0.3) is 0 Å². The van der Waals surface area contributed by atoms with Crippen LogP contribution in [0.25, 0.3) is 11.3 Å². The van der Waals surface area contributed by atoms with Crippen molar-refractivity contribution in [2.45, 2.75) is 20.0 Å². The molecule has 0 atom stereocenters. The number of rotatable bonds is 2. The second kappa shape index (κ2) is 8.49. The highest BCUT2D eigenvalue weighted by Crippen LogP contribution is 2.37. The Bertz CT molecular complexity index is 779. The number of alkyl halides is 3. The molecule has 0 bridgehead atoms. The molecular formula is C16H13Cl2F4NO2. The van der Waals surface area contributed by atoms with E-state index in [2.05, 4.69) is 9.72 Å². The number of aromatic nitrogens is 1. The molecule has 0 radical (unpaired) electrons. The van der Waals surface area contributed by atoms with E-state index < -0.39 is 28.5 Å². The van der Waals surface area contributed by atoms with Gasteiger partial charge in [-0.1, -0.05) is 43.1 Å². The molecule has 1 aromatic carbocycles. The molecular weight excluding hydrogens is 385 g/mol. The predicted octanol–water partition coefficient (Wildman–Crippen LogP) is 6.03. The van der Waals surface area contributed by atoms with Crippen molar-refractivity contribution in [3.05, 3.63) is 51.4 Å². The molecule has 0 N–H and O–H groups in total. The summed E-state index contributed by atoms with van der Waals surface area (Å²) in [6.07, 6.45) is -4.64. The van der Waals surface area contributed by atoms with E-state index in [0.717, 1.165) is 25.3 Å². The van der Waals surface area contributed by atoms with Crippen molar-refractivity contribution < 1.29 is 27.1 Å². The summed E-state index contributed by atoms with van der Waals surface area (Å²) >= 11 is 11.3. The number of esters is 1. The predicted molar refractivity (Wildman–Crippen MR) is 87.3 cm³/mol. The van der Waals surface area contributed by atoms with Crippen LogP contribution in [0.3, 0.4) is 0 Å². The number of carbonyl (C=O) groups excluding carboxylic acids is 1. The molecule has 0 saturated carbocycles. The Morgan fingerprint density at radius 2 is 1.72 bits per heavy atom. The Hall–Kier alpha value is -1.86. The third kappa shape index (κ3) is 4.83. The van der Waals surface area contributed by atoms with Crippen LogP contribution in [-0.2, 0) is 10.9 Å². The highest BCUT2D eigenvalue weighted by molar-refractivity contribution is 6.33. The Labute approximate surface area is 151 Å². The van der Waals surface area contributed by atoms with Gasteiger partial charge in [-0.15, -0.1) is 0 Å². The molecule has 1 heterocycles. The minimum atomic E-state index is -4.64. The van der Waals surface area contributed by atoms with Crippen molar-refractivity contribution in [3.63, 3.8) is 0 Å². The molecule has 25 heavy (non-hydrogen) atoms. The lowest BCUT2D eigenvalue weighted by molar-refractivity contribution is -0.137. The summed E-state index contributed by atoms with van der Waals surface area (Å²) < 4.78 is 56.5. The molecule has 9 heteroatoms. The number of hydrogen-bond donors (Lipinski definition) is 0. The Kier molecular flexibility index (Phi) is 7.19. The summed E-state index contributed by atoms with van der Waals surface area (Å²) in [6, 6.07) is 3.42. The summed E-state index contributed by atoms with van der Waals surface area (Å²) in [4.78, 5) is 15.2. The van der Waals surface area contributed by atoms with E-state index in [-0.39, 0.29) is 22.0 Å². The minimum absolute atomic E-state index is 0.0395. The van der Waals surface area contributed by atoms with Crippen LogP contribution in [0.1, 0.15) is 29.9 Å². The number of carbonyl (C=O) groups is 1. The molecule has 2 rings (SSSR count). The fraction of sp³-hybridized carbons (Fsp3) is 0.250. The molecule has 2 aromatic rings. The number of hydrogen-bond acceptors (Lipinski definition) is 3. The van der Waals surface area contributed by atoms with Gasteiger partial charge in [-0.05, 0) is 18.2 Å². The lowest BCUT2D eigenvalue weighted by Crippen LogP contribution is -2.08. The fourth-order valence-electron chi connectivity index (χ4n) is 1.80. The Morgan fingerprint density at radius 1 is 1.12 bits per heavy atom. The topological polar surface area (TPSA) is 39.2 Å². The van der Waals surface area contributed by atoms with Crippen LogP contribution in [0, 0.1) is 5.82 Å². The maximum atomic E-state index is 14.0. The number of nitrogens with zero attached hydrogens (tertiary/aromatic N) is 1. The maximum absolute atomic E-state index is 14.0. The SMILES string of the molecule is CC.COC(=O)c1nc(-c2ccc(C(F)(F)F)c(Cl)c2)c(F)cc1Cl. The molecule has 3 nitrogen and oxygen atoms in total. The monoisotopic (exact) mass is 397 g/mol. The van der Waals surface area contributed by atoms with Crippen molar-refractivity contribution >= 4 is 29.2 Å². The van der Waals surface area contributed by atoms with E-state index >= 15 is 0 Å². The molecule has 1 aromatic heterocycles. The van der Waals surface area contributed by atoms with E-state index in [1.54, 1.807) is 0 Å². The molecule has 0 saturated heterocycles. The zero-order valence-corrected chi connectivity index (χ0v) is 14.9. The van der Waals surface area contributed by atoms with Gasteiger partial charge in [0.15, 0.2) is 11.5 Å². The van der Waals surface area contributed by atoms with Crippen LogP contribution in [0.15, 0.2) is 24.3 Å². The van der Waals surface area contributed by atoms with Gasteiger partial charge in [-0.2, -0.15) is 13.2 Å². The number of halogens is 6. The number of methoxy groups -OCH3 is 1. The van der Waals surface area contributed by atoms with Crippen LogP contribution in [0.5, 0.6) is 0 Å². The zero-order valence-electron chi connectivity index (χ0n) is 13.3. The Balaban J connectivity index is 0.00000151. The molecule has 0 aliphatic heterocycles. The van der Waals surface area contributed by atoms with Gasteiger partial charge in [0.1, 0.15) is 5.69 Å². The van der Waals surface area contributed by atoms with E-state index in [1.165, 1.54) is 0 Å². The second-order valence-corrected chi connectivity index (χ2v) is 5.15. The van der Waals surface area contributed by atoms with Crippen molar-refractivity contribution in [1.82, 2.24) is 4.98 Å². The summed E-state index contributed by atoms with van der Waals surface area (Å²) in [6.45, 7) is 4.00. The molecule has 0 aliphatic rings. The van der Waals surface area contributed by atoms with Crippen LogP contribution in [0.4, 0.5) is 17.6 Å². The van der Waals surface area contributed by atoms with Crippen molar-refractivity contribution in [2.24, 2.45) is 0 Å². The largest absolute Gasteiger partial charge is 0.464 e. The van der Waals surface area contributed by atoms with Crippen LogP contribution >= 0.6 is 23.2 Å². The van der Waals surface area contributed by atoms with Gasteiger partial charge in [0, 0.05) is 5.56 Å². The second-order valence-electron chi connectivity index (χ2n) is 4.33. The highest BCUT2D eigenvalue weighted by atomic mass is 35.5. The lowest BCUT2D eigenvalue weighted by atomic mass is 10.1. The normalized spacial score (nSPS) is 10.8. The summed E-state index contributed by atoms with van der Waals surface area (Å²) in [7, 11) is 1.08. The van der Waals surface area contributed by atoms with E-state index in [4.69, 9.17) is 23.2 Å². The van der Waals surface area contributed by atoms with Gasteiger partial charge in [-0.25, -0.2) is 14.2 Å². The fourth-order valence-corrected chi connectivity index (χ4v) is 2.30. The quantitative estimate of drug-likeness (QED) is 0.458. The number of pyridine rings is 1. The molecule has 0 spiro atoms. The van der Waals surface area contributed by atoms with E-state index in [0.29, 0.717) is 6.07 Å². The maximum Gasteiger partial charge on any atom is 0.417 e. The first-order valence-electron chi connectivity index (χ1n) is 6.96. The van der Waals surface area contributed by atoms with Crippen LogP contribution in [0.2, 0.25) is 10.0 Å². The van der Waals surface area contributed by atoms with Crippen molar-refractivity contribution in [1.29, 1.82) is 0 Å². The Morgan fingerprint density at radius 3 is 2.20 bits per heavy atom. The molecule has 136 valence electrons. The first kappa shape index (κ1) is 21.2. The molecule has 0 aliphatic carbocycles. The standard InChI is InChI=1S/C14H7Cl2F4NO2.C2H6/c1-23-13(22)12-9(16)5-10(17)11(21-12)6-2-3-7(8(15)4-6)14(18,19)20;1-2/h2-5H,1H3;1-2H3. The minimum Gasteiger partial charge on any atom is -0.464 e. The van der Waals surface area contributed by atoms with Gasteiger partial charge >= 0.3 is 12.1 Å². The summed E-state index contributed by atoms with van der Waals surface area (Å²) in [5, 5.41) is -0.901. The lowest BCUT2D eigenvalue weighted by Gasteiger charge is -2.11. The summed E-state index contributed by atoms with van der Waals surface area (Å²) in [5.74, 6) is -1.83. The molecule has 0 fully saturated rings. The first-order valence-corrected chi connectivity index (χ1v) is 7.72. The third-order valence-corrected chi connectivity index (χ3v) is 3.46. The third-order valence-electron chi connectivity index (χ3n) is 2.86. The highest BCUT2D eigenvalue weighted by Gasteiger charge is 2.33. The van der Waals surface area contributed by atoms with Gasteiger partial charge < -0.3 is 4.74 Å². The van der Waals surface area contributed by atoms with Gasteiger partial charge in [0.2, 0.25) is 0 Å². The number of benzene rings is 1. The smallest absolute Gasteiger partial charge is 0.417 e. The van der Waals surface area contributed by atoms with Gasteiger partial charge in [0.05, 0.1) is 22.7 Å². The van der Waals surface area contributed by atoms with Gasteiger partial charge in [-0.3, -0.25) is 0 Å². The average Bonchev–Trinajstić information content (AvgIpc) is 2.55. The molecule has 0 unspecified atom stereocenters. The number of ether oxygens (including phenoxy) is 1. The van der Waals surface area contributed by atoms with E-state index in [1.807, 2.05) is 13.8 Å². The van der Waals surface area contributed by atoms with Crippen molar-refractivity contribution in [2.75, 3.05) is 7.11 Å². The van der Waals surface area contributed by atoms with Crippen molar-refractivity contribution in [3.8, 4) is 11.3 Å². The first-order chi connectivity index (χ1) is 11.6.